The lowest BCUT2D eigenvalue weighted by Gasteiger charge is -2.42. The Kier molecular flexibility index (Phi) is 12.2. The molecule has 0 aliphatic carbocycles. The maximum atomic E-state index is 13.2. The number of aromatic hydroxyl groups is 1. The SMILES string of the molecule is COc1cc(C2CC(=O)c3c(O)cc(O[C@@H]4O[C@H](CO)[C@@H](O)[C@H](O)[C@H]4O)cc3O2)ccc1O[C@@H]1O[C@H](CO[C@@H]2O[C@@H](C)[C@H](O)[C@@H](O)[C@H]2O)[C@@H](O)[C@H](O)[C@H]1O. The third-order valence-corrected chi connectivity index (χ3v) is 9.78. The molecule has 11 N–H and O–H groups in total. The van der Waals surface area contributed by atoms with Crippen LogP contribution >= 0.6 is 0 Å². The normalized spacial score (nSPS) is 39.7. The Hall–Kier alpha value is -3.45. The van der Waals surface area contributed by atoms with Crippen molar-refractivity contribution in [3.8, 4) is 28.7 Å². The van der Waals surface area contributed by atoms with E-state index in [0.29, 0.717) is 5.56 Å². The number of rotatable bonds is 10. The minimum atomic E-state index is -1.78. The molecule has 2 aromatic carbocycles. The maximum absolute atomic E-state index is 13.2. The van der Waals surface area contributed by atoms with Crippen molar-refractivity contribution in [2.45, 2.75) is 112 Å². The molecule has 3 fully saturated rings. The summed E-state index contributed by atoms with van der Waals surface area (Å²) in [7, 11) is 1.31. The number of fused-ring (bicyclic) bond motifs is 1. The van der Waals surface area contributed by atoms with E-state index >= 15 is 0 Å². The molecule has 0 radical (unpaired) electrons. The Balaban J connectivity index is 1.15. The largest absolute Gasteiger partial charge is 0.507 e. The van der Waals surface area contributed by atoms with Crippen LogP contribution in [0.2, 0.25) is 0 Å². The molecule has 4 aliphatic rings. The molecule has 16 atom stereocenters. The monoisotopic (exact) mass is 772 g/mol. The van der Waals surface area contributed by atoms with Gasteiger partial charge in [0.05, 0.1) is 32.8 Å². The van der Waals surface area contributed by atoms with Gasteiger partial charge in [-0.1, -0.05) is 6.07 Å². The number of phenolic OH excluding ortho intramolecular Hbond substituents is 1. The zero-order chi connectivity index (χ0) is 39.2. The summed E-state index contributed by atoms with van der Waals surface area (Å²) in [5.41, 5.74) is 0.257. The Labute approximate surface area is 306 Å². The number of ketones is 1. The number of carbonyl (C=O) groups excluding carboxylic acids is 1. The number of aliphatic hydroxyl groups excluding tert-OH is 10. The second-order valence-electron chi connectivity index (χ2n) is 13.4. The number of benzene rings is 2. The van der Waals surface area contributed by atoms with E-state index in [1.54, 1.807) is 0 Å². The van der Waals surface area contributed by atoms with Gasteiger partial charge >= 0.3 is 0 Å². The van der Waals surface area contributed by atoms with Gasteiger partial charge in [0.2, 0.25) is 12.6 Å². The van der Waals surface area contributed by atoms with Crippen LogP contribution in [0.1, 0.15) is 35.4 Å². The molecule has 1 unspecified atom stereocenters. The van der Waals surface area contributed by atoms with E-state index in [-0.39, 0.29) is 35.0 Å². The number of phenols is 1. The number of Topliss-reactive ketones (excluding diaryl/α,β-unsaturated/α-hetero) is 1. The number of carbonyl (C=O) groups is 1. The standard InChI is InChI=1S/C34H44O20/c1-11-23(38)26(41)29(44)32(49-11)48-10-21-25(40)28(43)31(46)34(54-21)52-16-4-3-12(5-18(16)47-2)17-8-15(37)22-14(36)6-13(7-19(22)51-17)50-33-30(45)27(42)24(39)20(9-35)53-33/h3-7,11,17,20-21,23-36,38-46H,8-10H2,1-2H3/t11-,17?,20+,21+,23-,24+,25+,26+,27-,28-,29+,30+,31+,32+,33+,34+/m0/s1. The molecule has 0 bridgehead atoms. The first kappa shape index (κ1) is 40.2. The van der Waals surface area contributed by atoms with E-state index < -0.39 is 123 Å². The molecule has 20 heteroatoms. The lowest BCUT2D eigenvalue weighted by atomic mass is 9.95. The first-order chi connectivity index (χ1) is 25.6. The first-order valence-electron chi connectivity index (χ1n) is 17.0. The average Bonchev–Trinajstić information content (AvgIpc) is 3.15. The summed E-state index contributed by atoms with van der Waals surface area (Å²) in [5, 5.41) is 113. The summed E-state index contributed by atoms with van der Waals surface area (Å²) in [5.74, 6) is -1.17. The number of hydrogen-bond acceptors (Lipinski definition) is 20. The van der Waals surface area contributed by atoms with Crippen LogP contribution in [0.4, 0.5) is 0 Å². The molecule has 2 aromatic rings. The summed E-state index contributed by atoms with van der Waals surface area (Å²) in [6, 6.07) is 6.72. The number of hydrogen-bond donors (Lipinski definition) is 11. The second kappa shape index (κ2) is 16.3. The van der Waals surface area contributed by atoms with Gasteiger partial charge < -0.3 is 94.1 Å². The highest BCUT2D eigenvalue weighted by atomic mass is 16.7. The average molecular weight is 773 g/mol. The van der Waals surface area contributed by atoms with Gasteiger partial charge in [0, 0.05) is 12.1 Å². The van der Waals surface area contributed by atoms with Gasteiger partial charge in [-0.3, -0.25) is 4.79 Å². The Morgan fingerprint density at radius 1 is 0.704 bits per heavy atom. The molecule has 4 heterocycles. The Morgan fingerprint density at radius 2 is 1.31 bits per heavy atom. The van der Waals surface area contributed by atoms with Crippen molar-refractivity contribution in [3.05, 3.63) is 41.5 Å². The number of aliphatic hydroxyl groups is 10. The zero-order valence-electron chi connectivity index (χ0n) is 28.8. The Morgan fingerprint density at radius 3 is 1.98 bits per heavy atom. The molecule has 54 heavy (non-hydrogen) atoms. The van der Waals surface area contributed by atoms with E-state index in [9.17, 15) is 61.0 Å². The molecule has 20 nitrogen and oxygen atoms in total. The van der Waals surface area contributed by atoms with Crippen molar-refractivity contribution in [2.24, 2.45) is 0 Å². The molecule has 0 saturated carbocycles. The molecule has 3 saturated heterocycles. The quantitative estimate of drug-likeness (QED) is 0.111. The van der Waals surface area contributed by atoms with E-state index in [1.807, 2.05) is 0 Å². The zero-order valence-corrected chi connectivity index (χ0v) is 28.8. The van der Waals surface area contributed by atoms with Crippen LogP contribution in [0.15, 0.2) is 30.3 Å². The van der Waals surface area contributed by atoms with Crippen molar-refractivity contribution >= 4 is 5.78 Å². The Bertz CT molecular complexity index is 1620. The summed E-state index contributed by atoms with van der Waals surface area (Å²) in [4.78, 5) is 13.2. The molecule has 0 aromatic heterocycles. The van der Waals surface area contributed by atoms with Crippen LogP contribution in [-0.2, 0) is 18.9 Å². The van der Waals surface area contributed by atoms with Crippen molar-refractivity contribution in [1.82, 2.24) is 0 Å². The van der Waals surface area contributed by atoms with Gasteiger partial charge in [-0.25, -0.2) is 0 Å². The fraction of sp³-hybridized carbons (Fsp3) is 0.618. The third-order valence-electron chi connectivity index (χ3n) is 9.78. The minimum absolute atomic E-state index is 0.000856. The van der Waals surface area contributed by atoms with Gasteiger partial charge in [0.1, 0.15) is 96.1 Å². The van der Waals surface area contributed by atoms with Crippen LogP contribution in [0.25, 0.3) is 0 Å². The third kappa shape index (κ3) is 7.81. The fourth-order valence-electron chi connectivity index (χ4n) is 6.57. The molecule has 4 aliphatic heterocycles. The van der Waals surface area contributed by atoms with Gasteiger partial charge in [-0.05, 0) is 24.6 Å². The summed E-state index contributed by atoms with van der Waals surface area (Å²) in [6.07, 6.45) is -24.1. The topological polar surface area (TPSA) is 313 Å². The lowest BCUT2D eigenvalue weighted by molar-refractivity contribution is -0.318. The van der Waals surface area contributed by atoms with Gasteiger partial charge in [-0.15, -0.1) is 0 Å². The molecule has 6 rings (SSSR count). The highest BCUT2D eigenvalue weighted by Gasteiger charge is 2.48. The maximum Gasteiger partial charge on any atom is 0.229 e. The van der Waals surface area contributed by atoms with E-state index in [0.717, 1.165) is 6.07 Å². The van der Waals surface area contributed by atoms with Crippen LogP contribution in [0.5, 0.6) is 28.7 Å². The van der Waals surface area contributed by atoms with Crippen LogP contribution in [0, 0.1) is 0 Å². The predicted molar refractivity (Wildman–Crippen MR) is 173 cm³/mol. The van der Waals surface area contributed by atoms with E-state index in [4.69, 9.17) is 37.9 Å². The lowest BCUT2D eigenvalue weighted by Crippen LogP contribution is -2.61. The minimum Gasteiger partial charge on any atom is -0.507 e. The van der Waals surface area contributed by atoms with Crippen LogP contribution in [0.3, 0.4) is 0 Å². The molecule has 300 valence electrons. The van der Waals surface area contributed by atoms with Crippen molar-refractivity contribution in [3.63, 3.8) is 0 Å². The van der Waals surface area contributed by atoms with Crippen molar-refractivity contribution < 1.29 is 98.9 Å². The van der Waals surface area contributed by atoms with E-state index in [1.165, 1.54) is 38.3 Å². The summed E-state index contributed by atoms with van der Waals surface area (Å²) < 4.78 is 45.0. The highest BCUT2D eigenvalue weighted by Crippen LogP contribution is 2.44. The predicted octanol–water partition coefficient (Wildman–Crippen LogP) is -3.68. The summed E-state index contributed by atoms with van der Waals surface area (Å²) >= 11 is 0. The smallest absolute Gasteiger partial charge is 0.229 e. The van der Waals surface area contributed by atoms with Gasteiger partial charge in [0.25, 0.3) is 0 Å². The van der Waals surface area contributed by atoms with Gasteiger partial charge in [-0.2, -0.15) is 0 Å². The highest BCUT2D eigenvalue weighted by molar-refractivity contribution is 6.02. The van der Waals surface area contributed by atoms with Crippen LogP contribution in [-0.4, -0.2) is 174 Å². The molecule has 0 amide bonds. The van der Waals surface area contributed by atoms with Crippen molar-refractivity contribution in [1.29, 1.82) is 0 Å². The molecule has 0 spiro atoms. The van der Waals surface area contributed by atoms with E-state index in [2.05, 4.69) is 0 Å². The number of methoxy groups -OCH3 is 1. The second-order valence-corrected chi connectivity index (χ2v) is 13.4. The molecular formula is C34H44O20. The van der Waals surface area contributed by atoms with Crippen molar-refractivity contribution in [2.75, 3.05) is 20.3 Å². The molecular weight excluding hydrogens is 728 g/mol. The summed E-state index contributed by atoms with van der Waals surface area (Å²) in [6.45, 7) is 0.259. The fourth-order valence-corrected chi connectivity index (χ4v) is 6.57. The first-order valence-corrected chi connectivity index (χ1v) is 17.0. The number of ether oxygens (including phenoxy) is 8. The van der Waals surface area contributed by atoms with Crippen LogP contribution < -0.4 is 18.9 Å². The van der Waals surface area contributed by atoms with Gasteiger partial charge in [0.15, 0.2) is 23.6 Å².